The predicted octanol–water partition coefficient (Wildman–Crippen LogP) is 4.72. The fourth-order valence-electron chi connectivity index (χ4n) is 3.53. The van der Waals surface area contributed by atoms with Crippen molar-refractivity contribution < 1.29 is 29.0 Å². The first-order valence-corrected chi connectivity index (χ1v) is 10.7. The van der Waals surface area contributed by atoms with E-state index in [4.69, 9.17) is 9.47 Å². The molecule has 0 spiro atoms. The van der Waals surface area contributed by atoms with E-state index in [1.54, 1.807) is 33.9 Å². The number of methoxy groups -OCH3 is 1. The number of carboxylic acids is 1. The standard InChI is InChI=1S/C26H28N2O6/c1-15-19(20-13-17(33-5)8-10-21(20)27-15)14-23(29)28-22-12-16(6-9-18(22)25(31)32)7-11-24(30)34-26(2,3)4/h6-13,27H,14H2,1-5H3,(H,28,29)(H,31,32)/b11-7+. The first-order valence-electron chi connectivity index (χ1n) is 10.7. The lowest BCUT2D eigenvalue weighted by atomic mass is 10.1. The number of fused-ring (bicyclic) bond motifs is 1. The van der Waals surface area contributed by atoms with Gasteiger partial charge >= 0.3 is 11.9 Å². The number of nitrogens with one attached hydrogen (secondary N) is 2. The first-order chi connectivity index (χ1) is 16.0. The van der Waals surface area contributed by atoms with Crippen molar-refractivity contribution in [2.45, 2.75) is 39.7 Å². The molecule has 1 amide bonds. The predicted molar refractivity (Wildman–Crippen MR) is 130 cm³/mol. The number of hydrogen-bond acceptors (Lipinski definition) is 5. The number of aryl methyl sites for hydroxylation is 1. The van der Waals surface area contributed by atoms with Gasteiger partial charge in [-0.1, -0.05) is 6.07 Å². The monoisotopic (exact) mass is 464 g/mol. The maximum atomic E-state index is 12.9. The molecule has 1 heterocycles. The normalized spacial score (nSPS) is 11.6. The highest BCUT2D eigenvalue weighted by atomic mass is 16.6. The lowest BCUT2D eigenvalue weighted by Gasteiger charge is -2.17. The molecule has 0 aliphatic heterocycles. The van der Waals surface area contributed by atoms with Crippen molar-refractivity contribution >= 4 is 40.5 Å². The van der Waals surface area contributed by atoms with Crippen molar-refractivity contribution in [2.24, 2.45) is 0 Å². The molecule has 3 N–H and O–H groups in total. The third kappa shape index (κ3) is 6.04. The second kappa shape index (κ2) is 9.82. The van der Waals surface area contributed by atoms with E-state index in [-0.39, 0.29) is 23.6 Å². The molecular formula is C26H28N2O6. The average molecular weight is 465 g/mol. The van der Waals surface area contributed by atoms with Gasteiger partial charge in [-0.05, 0) is 75.2 Å². The van der Waals surface area contributed by atoms with Crippen molar-refractivity contribution in [3.05, 3.63) is 64.9 Å². The van der Waals surface area contributed by atoms with Crippen molar-refractivity contribution in [1.82, 2.24) is 4.98 Å². The Morgan fingerprint density at radius 3 is 2.50 bits per heavy atom. The summed E-state index contributed by atoms with van der Waals surface area (Å²) in [6.07, 6.45) is 2.80. The summed E-state index contributed by atoms with van der Waals surface area (Å²) in [6.45, 7) is 7.17. The Kier molecular flexibility index (Phi) is 7.10. The quantitative estimate of drug-likeness (QED) is 0.344. The number of carbonyl (C=O) groups excluding carboxylic acids is 2. The summed E-state index contributed by atoms with van der Waals surface area (Å²) in [5, 5.41) is 13.1. The summed E-state index contributed by atoms with van der Waals surface area (Å²) in [5.41, 5.74) is 2.51. The summed E-state index contributed by atoms with van der Waals surface area (Å²) >= 11 is 0. The van der Waals surface area contributed by atoms with Gasteiger partial charge in [0, 0.05) is 22.7 Å². The number of ether oxygens (including phenoxy) is 2. The highest BCUT2D eigenvalue weighted by Gasteiger charge is 2.17. The van der Waals surface area contributed by atoms with Crippen LogP contribution in [0.1, 0.15) is 48.0 Å². The van der Waals surface area contributed by atoms with E-state index in [2.05, 4.69) is 10.3 Å². The maximum Gasteiger partial charge on any atom is 0.337 e. The number of hydrogen-bond donors (Lipinski definition) is 3. The van der Waals surface area contributed by atoms with Gasteiger partial charge in [0.2, 0.25) is 5.91 Å². The maximum absolute atomic E-state index is 12.9. The summed E-state index contributed by atoms with van der Waals surface area (Å²) in [6, 6.07) is 10.0. The van der Waals surface area contributed by atoms with Crippen molar-refractivity contribution in [2.75, 3.05) is 12.4 Å². The van der Waals surface area contributed by atoms with Crippen molar-refractivity contribution in [3.8, 4) is 5.75 Å². The molecule has 3 rings (SSSR count). The molecule has 0 radical (unpaired) electrons. The molecule has 0 atom stereocenters. The Balaban J connectivity index is 1.84. The van der Waals surface area contributed by atoms with E-state index < -0.39 is 17.5 Å². The van der Waals surface area contributed by atoms with Crippen molar-refractivity contribution in [3.63, 3.8) is 0 Å². The fourth-order valence-corrected chi connectivity index (χ4v) is 3.53. The molecule has 0 saturated heterocycles. The molecule has 0 aliphatic rings. The number of aromatic carboxylic acids is 1. The molecule has 1 aromatic heterocycles. The summed E-state index contributed by atoms with van der Waals surface area (Å²) in [4.78, 5) is 39.8. The van der Waals surface area contributed by atoms with Crippen LogP contribution in [0.2, 0.25) is 0 Å². The number of anilines is 1. The molecule has 0 saturated carbocycles. The molecule has 0 fully saturated rings. The highest BCUT2D eigenvalue weighted by Crippen LogP contribution is 2.27. The van der Waals surface area contributed by atoms with Crippen LogP contribution in [0.25, 0.3) is 17.0 Å². The van der Waals surface area contributed by atoms with E-state index in [1.807, 2.05) is 25.1 Å². The zero-order valence-corrected chi connectivity index (χ0v) is 19.8. The van der Waals surface area contributed by atoms with Gasteiger partial charge in [0.15, 0.2) is 0 Å². The Bertz CT molecular complexity index is 1280. The van der Waals surface area contributed by atoms with Crippen molar-refractivity contribution in [1.29, 1.82) is 0 Å². The van der Waals surface area contributed by atoms with Crippen LogP contribution in [0.4, 0.5) is 5.69 Å². The van der Waals surface area contributed by atoms with Gasteiger partial charge in [-0.15, -0.1) is 0 Å². The van der Waals surface area contributed by atoms with Crippen LogP contribution >= 0.6 is 0 Å². The molecule has 178 valence electrons. The van der Waals surface area contributed by atoms with Crippen LogP contribution in [0.15, 0.2) is 42.5 Å². The molecule has 34 heavy (non-hydrogen) atoms. The van der Waals surface area contributed by atoms with Gasteiger partial charge in [-0.2, -0.15) is 0 Å². The summed E-state index contributed by atoms with van der Waals surface area (Å²) < 4.78 is 10.5. The van der Waals surface area contributed by atoms with E-state index in [0.717, 1.165) is 22.2 Å². The Hall–Kier alpha value is -4.07. The van der Waals surface area contributed by atoms with Gasteiger partial charge in [-0.3, -0.25) is 4.79 Å². The number of esters is 1. The van der Waals surface area contributed by atoms with Crippen LogP contribution < -0.4 is 10.1 Å². The smallest absolute Gasteiger partial charge is 0.337 e. The second-order valence-corrected chi connectivity index (χ2v) is 8.84. The molecule has 0 aliphatic carbocycles. The highest BCUT2D eigenvalue weighted by molar-refractivity contribution is 6.03. The number of aromatic amines is 1. The van der Waals surface area contributed by atoms with Crippen LogP contribution in [0.3, 0.4) is 0 Å². The third-order valence-electron chi connectivity index (χ3n) is 5.03. The molecule has 0 unspecified atom stereocenters. The van der Waals surface area contributed by atoms with Crippen LogP contribution in [-0.4, -0.2) is 40.6 Å². The third-order valence-corrected chi connectivity index (χ3v) is 5.03. The van der Waals surface area contributed by atoms with E-state index in [1.165, 1.54) is 24.3 Å². The van der Waals surface area contributed by atoms with Crippen LogP contribution in [0.5, 0.6) is 5.75 Å². The molecule has 8 nitrogen and oxygen atoms in total. The minimum absolute atomic E-state index is 0.0377. The largest absolute Gasteiger partial charge is 0.497 e. The lowest BCUT2D eigenvalue weighted by Crippen LogP contribution is -2.22. The van der Waals surface area contributed by atoms with Gasteiger partial charge in [0.05, 0.1) is 24.8 Å². The first kappa shape index (κ1) is 24.6. The van der Waals surface area contributed by atoms with E-state index in [9.17, 15) is 19.5 Å². The molecule has 3 aromatic rings. The van der Waals surface area contributed by atoms with Crippen LogP contribution in [0, 0.1) is 6.92 Å². The summed E-state index contributed by atoms with van der Waals surface area (Å²) in [7, 11) is 1.57. The molecule has 0 bridgehead atoms. The number of H-pyrrole nitrogens is 1. The van der Waals surface area contributed by atoms with Gasteiger partial charge in [0.25, 0.3) is 0 Å². The number of aromatic nitrogens is 1. The minimum atomic E-state index is -1.18. The molecule has 8 heteroatoms. The Labute approximate surface area is 197 Å². The van der Waals surface area contributed by atoms with Crippen LogP contribution in [-0.2, 0) is 20.7 Å². The minimum Gasteiger partial charge on any atom is -0.497 e. The van der Waals surface area contributed by atoms with Gasteiger partial charge < -0.3 is 24.9 Å². The lowest BCUT2D eigenvalue weighted by molar-refractivity contribution is -0.148. The number of rotatable bonds is 7. The topological polar surface area (TPSA) is 118 Å². The molecule has 2 aromatic carbocycles. The average Bonchev–Trinajstić information content (AvgIpc) is 3.05. The SMILES string of the molecule is COc1ccc2[nH]c(C)c(CC(=O)Nc3cc(/C=C/C(=O)OC(C)(C)C)ccc3C(=O)O)c2c1. The van der Waals surface area contributed by atoms with E-state index >= 15 is 0 Å². The number of benzene rings is 2. The van der Waals surface area contributed by atoms with Gasteiger partial charge in [0.1, 0.15) is 11.4 Å². The number of amides is 1. The zero-order chi connectivity index (χ0) is 25.0. The zero-order valence-electron chi connectivity index (χ0n) is 19.8. The second-order valence-electron chi connectivity index (χ2n) is 8.84. The van der Waals surface area contributed by atoms with Gasteiger partial charge in [-0.25, -0.2) is 9.59 Å². The number of carbonyl (C=O) groups is 3. The van der Waals surface area contributed by atoms with E-state index in [0.29, 0.717) is 11.3 Å². The molecular weight excluding hydrogens is 436 g/mol. The Morgan fingerprint density at radius 2 is 1.85 bits per heavy atom. The summed E-state index contributed by atoms with van der Waals surface area (Å²) in [5.74, 6) is -1.40. The Morgan fingerprint density at radius 1 is 1.12 bits per heavy atom. The number of carboxylic acid groups (broad SMARTS) is 1. The fraction of sp³-hybridized carbons (Fsp3) is 0.269.